The van der Waals surface area contributed by atoms with Crippen molar-refractivity contribution in [2.75, 3.05) is 0 Å². The molecular formula is C27H16ClN3S. The molecule has 0 aliphatic rings. The van der Waals surface area contributed by atoms with Crippen molar-refractivity contribution >= 4 is 43.1 Å². The highest BCUT2D eigenvalue weighted by molar-refractivity contribution is 7.26. The molecule has 6 rings (SSSR count). The summed E-state index contributed by atoms with van der Waals surface area (Å²) in [6.45, 7) is 0. The normalized spacial score (nSPS) is 11.3. The van der Waals surface area contributed by atoms with Gasteiger partial charge in [-0.1, -0.05) is 78.9 Å². The summed E-state index contributed by atoms with van der Waals surface area (Å²) in [7, 11) is 0. The highest BCUT2D eigenvalue weighted by atomic mass is 35.5. The molecule has 0 saturated carbocycles. The number of halogens is 1. The zero-order valence-electron chi connectivity index (χ0n) is 16.9. The van der Waals surface area contributed by atoms with Gasteiger partial charge < -0.3 is 0 Å². The molecule has 0 spiro atoms. The standard InChI is InChI=1S/C27H16ClN3S/c28-27-30-25(19-11-6-10-18(16-19)17-8-2-1-3-9-17)29-26(31-27)22-14-7-13-21-20-12-4-5-15-23(20)32-24(21)22/h1-16H. The zero-order chi connectivity index (χ0) is 21.5. The van der Waals surface area contributed by atoms with Gasteiger partial charge in [-0.25, -0.2) is 4.98 Å². The Kier molecular flexibility index (Phi) is 4.67. The van der Waals surface area contributed by atoms with E-state index in [9.17, 15) is 0 Å². The Morgan fingerprint density at radius 2 is 1.25 bits per heavy atom. The number of hydrogen-bond acceptors (Lipinski definition) is 4. The second kappa shape index (κ2) is 7.83. The van der Waals surface area contributed by atoms with Gasteiger partial charge in [-0.2, -0.15) is 9.97 Å². The van der Waals surface area contributed by atoms with Gasteiger partial charge in [0.2, 0.25) is 5.28 Å². The van der Waals surface area contributed by atoms with Crippen molar-refractivity contribution in [2.45, 2.75) is 0 Å². The Morgan fingerprint density at radius 3 is 2.16 bits per heavy atom. The molecule has 0 fully saturated rings. The third-order valence-corrected chi connectivity index (χ3v) is 6.87. The van der Waals surface area contributed by atoms with E-state index in [1.165, 1.54) is 15.5 Å². The van der Waals surface area contributed by atoms with Crippen LogP contribution in [0.1, 0.15) is 0 Å². The summed E-state index contributed by atoms with van der Waals surface area (Å²) < 4.78 is 2.39. The monoisotopic (exact) mass is 449 g/mol. The van der Waals surface area contributed by atoms with Crippen LogP contribution in [0.5, 0.6) is 0 Å². The van der Waals surface area contributed by atoms with Gasteiger partial charge in [-0.05, 0) is 40.9 Å². The predicted molar refractivity (Wildman–Crippen MR) is 134 cm³/mol. The smallest absolute Gasteiger partial charge is 0.208 e. The topological polar surface area (TPSA) is 38.7 Å². The minimum absolute atomic E-state index is 0.188. The van der Waals surface area contributed by atoms with Crippen LogP contribution in [0.4, 0.5) is 0 Å². The van der Waals surface area contributed by atoms with Crippen molar-refractivity contribution in [2.24, 2.45) is 0 Å². The molecule has 0 N–H and O–H groups in total. The summed E-state index contributed by atoms with van der Waals surface area (Å²) in [6.07, 6.45) is 0. The summed E-state index contributed by atoms with van der Waals surface area (Å²) >= 11 is 8.12. The molecule has 3 nitrogen and oxygen atoms in total. The lowest BCUT2D eigenvalue weighted by atomic mass is 10.0. The minimum atomic E-state index is 0.188. The number of hydrogen-bond donors (Lipinski definition) is 0. The molecule has 0 radical (unpaired) electrons. The maximum atomic E-state index is 6.38. The molecule has 32 heavy (non-hydrogen) atoms. The van der Waals surface area contributed by atoms with Crippen LogP contribution in [0.3, 0.4) is 0 Å². The van der Waals surface area contributed by atoms with E-state index in [2.05, 4.69) is 64.6 Å². The van der Waals surface area contributed by atoms with E-state index in [0.717, 1.165) is 27.0 Å². The van der Waals surface area contributed by atoms with Crippen LogP contribution in [0.15, 0.2) is 97.1 Å². The summed E-state index contributed by atoms with van der Waals surface area (Å²) in [6, 6.07) is 33.1. The van der Waals surface area contributed by atoms with Gasteiger partial charge in [0.1, 0.15) is 0 Å². The van der Waals surface area contributed by atoms with Crippen LogP contribution in [-0.4, -0.2) is 15.0 Å². The van der Waals surface area contributed by atoms with Gasteiger partial charge >= 0.3 is 0 Å². The maximum Gasteiger partial charge on any atom is 0.226 e. The predicted octanol–water partition coefficient (Wildman–Crippen LogP) is 7.89. The van der Waals surface area contributed by atoms with Crippen LogP contribution >= 0.6 is 22.9 Å². The van der Waals surface area contributed by atoms with Crippen LogP contribution in [0.25, 0.3) is 54.1 Å². The molecule has 0 amide bonds. The average molecular weight is 450 g/mol. The first-order chi connectivity index (χ1) is 15.8. The molecule has 4 aromatic carbocycles. The fraction of sp³-hybridized carbons (Fsp3) is 0. The Hall–Kier alpha value is -3.60. The number of aromatic nitrogens is 3. The molecule has 0 atom stereocenters. The van der Waals surface area contributed by atoms with E-state index in [0.29, 0.717) is 11.6 Å². The summed E-state index contributed by atoms with van der Waals surface area (Å²) in [5.74, 6) is 1.15. The van der Waals surface area contributed by atoms with Crippen LogP contribution in [0.2, 0.25) is 5.28 Å². The summed E-state index contributed by atoms with van der Waals surface area (Å²) in [5, 5.41) is 2.63. The Balaban J connectivity index is 1.51. The number of nitrogens with zero attached hydrogens (tertiary/aromatic N) is 3. The lowest BCUT2D eigenvalue weighted by Gasteiger charge is -2.08. The van der Waals surface area contributed by atoms with Crippen LogP contribution in [-0.2, 0) is 0 Å². The Bertz CT molecular complexity index is 1590. The summed E-state index contributed by atoms with van der Waals surface area (Å²) in [5.41, 5.74) is 4.12. The van der Waals surface area contributed by atoms with E-state index >= 15 is 0 Å². The Labute approximate surface area is 194 Å². The quantitative estimate of drug-likeness (QED) is 0.275. The molecule has 0 unspecified atom stereocenters. The second-order valence-corrected chi connectivity index (χ2v) is 8.87. The van der Waals surface area contributed by atoms with E-state index in [-0.39, 0.29) is 5.28 Å². The third-order valence-electron chi connectivity index (χ3n) is 5.48. The fourth-order valence-electron chi connectivity index (χ4n) is 3.99. The van der Waals surface area contributed by atoms with Crippen LogP contribution in [0, 0.1) is 0 Å². The minimum Gasteiger partial charge on any atom is -0.208 e. The van der Waals surface area contributed by atoms with Crippen LogP contribution < -0.4 is 0 Å². The highest BCUT2D eigenvalue weighted by Crippen LogP contribution is 2.39. The first-order valence-corrected chi connectivity index (χ1v) is 11.4. The van der Waals surface area contributed by atoms with Crippen molar-refractivity contribution in [1.29, 1.82) is 0 Å². The zero-order valence-corrected chi connectivity index (χ0v) is 18.4. The molecule has 0 bridgehead atoms. The number of rotatable bonds is 3. The first kappa shape index (κ1) is 19.1. The van der Waals surface area contributed by atoms with Crippen molar-refractivity contribution in [1.82, 2.24) is 15.0 Å². The van der Waals surface area contributed by atoms with Gasteiger partial charge in [-0.15, -0.1) is 11.3 Å². The molecule has 6 aromatic rings. The average Bonchev–Trinajstić information content (AvgIpc) is 3.23. The molecule has 0 aliphatic carbocycles. The third kappa shape index (κ3) is 3.34. The summed E-state index contributed by atoms with van der Waals surface area (Å²) in [4.78, 5) is 13.7. The Morgan fingerprint density at radius 1 is 0.562 bits per heavy atom. The van der Waals surface area contributed by atoms with Crippen molar-refractivity contribution in [3.05, 3.63) is 102 Å². The second-order valence-electron chi connectivity index (χ2n) is 7.48. The lowest BCUT2D eigenvalue weighted by molar-refractivity contribution is 1.07. The van der Waals surface area contributed by atoms with Crippen molar-refractivity contribution in [3.63, 3.8) is 0 Å². The van der Waals surface area contributed by atoms with Crippen molar-refractivity contribution in [3.8, 4) is 33.9 Å². The maximum absolute atomic E-state index is 6.38. The molecule has 2 aromatic heterocycles. The van der Waals surface area contributed by atoms with Gasteiger partial charge in [0.15, 0.2) is 11.6 Å². The molecule has 152 valence electrons. The molecule has 2 heterocycles. The van der Waals surface area contributed by atoms with Crippen molar-refractivity contribution < 1.29 is 0 Å². The van der Waals surface area contributed by atoms with E-state index in [1.54, 1.807) is 11.3 Å². The van der Waals surface area contributed by atoms with E-state index in [4.69, 9.17) is 16.6 Å². The number of benzene rings is 4. The number of thiophene rings is 1. The highest BCUT2D eigenvalue weighted by Gasteiger charge is 2.15. The lowest BCUT2D eigenvalue weighted by Crippen LogP contribution is -1.97. The fourth-order valence-corrected chi connectivity index (χ4v) is 5.36. The first-order valence-electron chi connectivity index (χ1n) is 10.2. The number of fused-ring (bicyclic) bond motifs is 3. The molecule has 5 heteroatoms. The molecule has 0 aliphatic heterocycles. The van der Waals surface area contributed by atoms with Gasteiger partial charge in [-0.3, -0.25) is 0 Å². The largest absolute Gasteiger partial charge is 0.226 e. The molecule has 0 saturated heterocycles. The SMILES string of the molecule is Clc1nc(-c2cccc(-c3ccccc3)c2)nc(-c2cccc3c2sc2ccccc23)n1. The molecular weight excluding hydrogens is 434 g/mol. The van der Waals surface area contributed by atoms with Gasteiger partial charge in [0.05, 0.1) is 0 Å². The van der Waals surface area contributed by atoms with E-state index < -0.39 is 0 Å². The van der Waals surface area contributed by atoms with Gasteiger partial charge in [0, 0.05) is 31.3 Å². The van der Waals surface area contributed by atoms with E-state index in [1.807, 2.05) is 42.5 Å². The van der Waals surface area contributed by atoms with Gasteiger partial charge in [0.25, 0.3) is 0 Å².